The molecule has 2 N–H and O–H groups in total. The molecule has 1 aliphatic heterocycles. The number of imidazole rings is 1. The number of aromatic amines is 1. The zero-order chi connectivity index (χ0) is 17.2. The first-order chi connectivity index (χ1) is 11.4. The highest BCUT2D eigenvalue weighted by Crippen LogP contribution is 2.23. The minimum Gasteiger partial charge on any atom is -0.444 e. The number of carbonyl (C=O) groups is 1. The monoisotopic (exact) mass is 330 g/mol. The predicted octanol–water partition coefficient (Wildman–Crippen LogP) is 3.30. The summed E-state index contributed by atoms with van der Waals surface area (Å²) in [4.78, 5) is 22.1. The molecule has 0 saturated carbocycles. The van der Waals surface area contributed by atoms with Crippen LogP contribution in [0.3, 0.4) is 0 Å². The summed E-state index contributed by atoms with van der Waals surface area (Å²) in [6.07, 6.45) is 1.85. The number of aromatic nitrogens is 2. The summed E-state index contributed by atoms with van der Waals surface area (Å²) in [6.45, 7) is 8.12. The number of nitrogens with one attached hydrogen (secondary N) is 2. The van der Waals surface area contributed by atoms with Gasteiger partial charge in [-0.1, -0.05) is 12.1 Å². The lowest BCUT2D eigenvalue weighted by Crippen LogP contribution is -2.42. The number of fused-ring (bicyclic) bond motifs is 1. The molecule has 1 fully saturated rings. The molecular formula is C18H26N4O2. The number of para-hydroxylation sites is 2. The minimum absolute atomic E-state index is 0.344. The summed E-state index contributed by atoms with van der Waals surface area (Å²) in [6, 6.07) is 8.06. The Kier molecular flexibility index (Phi) is 4.64. The smallest absolute Gasteiger partial charge is 0.407 e. The van der Waals surface area contributed by atoms with Gasteiger partial charge in [0, 0.05) is 19.6 Å². The van der Waals surface area contributed by atoms with Crippen LogP contribution in [0.25, 0.3) is 11.0 Å². The van der Waals surface area contributed by atoms with Crippen molar-refractivity contribution >= 4 is 23.1 Å². The molecule has 6 heteroatoms. The molecule has 0 bridgehead atoms. The Morgan fingerprint density at radius 1 is 1.42 bits per heavy atom. The summed E-state index contributed by atoms with van der Waals surface area (Å²) in [5, 5.41) is 2.89. The average molecular weight is 330 g/mol. The maximum atomic E-state index is 11.8. The number of anilines is 1. The van der Waals surface area contributed by atoms with Crippen molar-refractivity contribution in [1.82, 2.24) is 15.3 Å². The van der Waals surface area contributed by atoms with Gasteiger partial charge in [-0.15, -0.1) is 0 Å². The SMILES string of the molecule is CC(C)(C)OC(=O)NCC1CCCN(c2nc3ccccc3[nH]2)C1. The van der Waals surface area contributed by atoms with Gasteiger partial charge in [0.05, 0.1) is 11.0 Å². The molecule has 1 aromatic heterocycles. The number of nitrogens with zero attached hydrogens (tertiary/aromatic N) is 2. The second-order valence-corrected chi connectivity index (χ2v) is 7.41. The van der Waals surface area contributed by atoms with E-state index in [4.69, 9.17) is 4.74 Å². The number of alkyl carbamates (subject to hydrolysis) is 1. The fourth-order valence-electron chi connectivity index (χ4n) is 3.06. The molecule has 130 valence electrons. The van der Waals surface area contributed by atoms with E-state index in [-0.39, 0.29) is 6.09 Å². The maximum absolute atomic E-state index is 11.8. The van der Waals surface area contributed by atoms with Crippen LogP contribution in [0.15, 0.2) is 24.3 Å². The van der Waals surface area contributed by atoms with E-state index in [0.717, 1.165) is 42.9 Å². The molecule has 3 rings (SSSR count). The number of hydrogen-bond acceptors (Lipinski definition) is 4. The van der Waals surface area contributed by atoms with Crippen molar-refractivity contribution in [1.29, 1.82) is 0 Å². The molecular weight excluding hydrogens is 304 g/mol. The van der Waals surface area contributed by atoms with Crippen LogP contribution in [0.1, 0.15) is 33.6 Å². The number of carbonyl (C=O) groups excluding carboxylic acids is 1. The molecule has 1 amide bonds. The van der Waals surface area contributed by atoms with Crippen LogP contribution in [0.4, 0.5) is 10.7 Å². The first kappa shape index (κ1) is 16.6. The van der Waals surface area contributed by atoms with E-state index in [1.54, 1.807) is 0 Å². The first-order valence-electron chi connectivity index (χ1n) is 8.57. The molecule has 0 radical (unpaired) electrons. The third-order valence-corrected chi connectivity index (χ3v) is 4.13. The van der Waals surface area contributed by atoms with Gasteiger partial charge in [-0.05, 0) is 51.7 Å². The summed E-state index contributed by atoms with van der Waals surface area (Å²) < 4.78 is 5.30. The number of ether oxygens (including phenoxy) is 1. The normalized spacial score (nSPS) is 18.6. The molecule has 2 heterocycles. The van der Waals surface area contributed by atoms with E-state index in [1.165, 1.54) is 0 Å². The molecule has 0 spiro atoms. The van der Waals surface area contributed by atoms with Crippen LogP contribution >= 0.6 is 0 Å². The Labute approximate surface area is 142 Å². The van der Waals surface area contributed by atoms with E-state index in [9.17, 15) is 4.79 Å². The Morgan fingerprint density at radius 2 is 2.21 bits per heavy atom. The lowest BCUT2D eigenvalue weighted by atomic mass is 9.98. The summed E-state index contributed by atoms with van der Waals surface area (Å²) in [5.74, 6) is 1.32. The molecule has 0 aliphatic carbocycles. The predicted molar refractivity (Wildman–Crippen MR) is 95.3 cm³/mol. The quantitative estimate of drug-likeness (QED) is 0.906. The summed E-state index contributed by atoms with van der Waals surface area (Å²) in [7, 11) is 0. The summed E-state index contributed by atoms with van der Waals surface area (Å²) >= 11 is 0. The number of piperidine rings is 1. The second kappa shape index (κ2) is 6.71. The van der Waals surface area contributed by atoms with Crippen molar-refractivity contribution in [2.24, 2.45) is 5.92 Å². The van der Waals surface area contributed by atoms with Crippen molar-refractivity contribution in [3.05, 3.63) is 24.3 Å². The van der Waals surface area contributed by atoms with Crippen molar-refractivity contribution in [2.75, 3.05) is 24.5 Å². The van der Waals surface area contributed by atoms with Crippen molar-refractivity contribution in [3.8, 4) is 0 Å². The van der Waals surface area contributed by atoms with Gasteiger partial charge in [0.15, 0.2) is 0 Å². The molecule has 1 saturated heterocycles. The third kappa shape index (κ3) is 4.19. The Bertz CT molecular complexity index is 671. The Balaban J connectivity index is 1.57. The number of rotatable bonds is 3. The van der Waals surface area contributed by atoms with Crippen LogP contribution in [0.2, 0.25) is 0 Å². The number of amides is 1. The molecule has 1 atom stereocenters. The van der Waals surface area contributed by atoms with Gasteiger partial charge in [-0.3, -0.25) is 0 Å². The second-order valence-electron chi connectivity index (χ2n) is 7.41. The molecule has 24 heavy (non-hydrogen) atoms. The van der Waals surface area contributed by atoms with Crippen LogP contribution < -0.4 is 10.2 Å². The first-order valence-corrected chi connectivity index (χ1v) is 8.57. The molecule has 2 aromatic rings. The van der Waals surface area contributed by atoms with Crippen LogP contribution in [0.5, 0.6) is 0 Å². The molecule has 1 aromatic carbocycles. The zero-order valence-electron chi connectivity index (χ0n) is 14.6. The number of benzene rings is 1. The van der Waals surface area contributed by atoms with Crippen LogP contribution in [-0.4, -0.2) is 41.3 Å². The lowest BCUT2D eigenvalue weighted by Gasteiger charge is -2.32. The minimum atomic E-state index is -0.461. The van der Waals surface area contributed by atoms with Gasteiger partial charge in [-0.25, -0.2) is 9.78 Å². The lowest BCUT2D eigenvalue weighted by molar-refractivity contribution is 0.0517. The van der Waals surface area contributed by atoms with E-state index in [2.05, 4.69) is 20.2 Å². The standard InChI is InChI=1S/C18H26N4O2/c1-18(2,3)24-17(23)19-11-13-7-6-10-22(12-13)16-20-14-8-4-5-9-15(14)21-16/h4-5,8-9,13H,6-7,10-12H2,1-3H3,(H,19,23)(H,20,21). The van der Waals surface area contributed by atoms with Gasteiger partial charge in [0.1, 0.15) is 5.60 Å². The van der Waals surface area contributed by atoms with Gasteiger partial charge in [0.25, 0.3) is 0 Å². The molecule has 1 unspecified atom stereocenters. The van der Waals surface area contributed by atoms with Gasteiger partial charge in [0.2, 0.25) is 5.95 Å². The maximum Gasteiger partial charge on any atom is 0.407 e. The van der Waals surface area contributed by atoms with E-state index in [1.807, 2.05) is 45.0 Å². The van der Waals surface area contributed by atoms with Crippen molar-refractivity contribution in [2.45, 2.75) is 39.2 Å². The topological polar surface area (TPSA) is 70.2 Å². The fraction of sp³-hybridized carbons (Fsp3) is 0.556. The third-order valence-electron chi connectivity index (χ3n) is 4.13. The van der Waals surface area contributed by atoms with E-state index in [0.29, 0.717) is 12.5 Å². The van der Waals surface area contributed by atoms with Crippen molar-refractivity contribution in [3.63, 3.8) is 0 Å². The van der Waals surface area contributed by atoms with Crippen LogP contribution in [0, 0.1) is 5.92 Å². The highest BCUT2D eigenvalue weighted by Gasteiger charge is 2.23. The number of hydrogen-bond donors (Lipinski definition) is 2. The highest BCUT2D eigenvalue weighted by molar-refractivity contribution is 5.77. The van der Waals surface area contributed by atoms with Gasteiger partial charge < -0.3 is 19.9 Å². The number of H-pyrrole nitrogens is 1. The Hall–Kier alpha value is -2.24. The fourth-order valence-corrected chi connectivity index (χ4v) is 3.06. The van der Waals surface area contributed by atoms with Crippen LogP contribution in [-0.2, 0) is 4.74 Å². The molecule has 6 nitrogen and oxygen atoms in total. The molecule has 1 aliphatic rings. The highest BCUT2D eigenvalue weighted by atomic mass is 16.6. The van der Waals surface area contributed by atoms with E-state index >= 15 is 0 Å². The Morgan fingerprint density at radius 3 is 2.96 bits per heavy atom. The largest absolute Gasteiger partial charge is 0.444 e. The zero-order valence-corrected chi connectivity index (χ0v) is 14.6. The average Bonchev–Trinajstić information content (AvgIpc) is 2.96. The van der Waals surface area contributed by atoms with E-state index < -0.39 is 5.60 Å². The van der Waals surface area contributed by atoms with Crippen molar-refractivity contribution < 1.29 is 9.53 Å². The summed E-state index contributed by atoms with van der Waals surface area (Å²) in [5.41, 5.74) is 1.58. The van der Waals surface area contributed by atoms with Gasteiger partial charge in [-0.2, -0.15) is 0 Å². The van der Waals surface area contributed by atoms with Gasteiger partial charge >= 0.3 is 6.09 Å².